The van der Waals surface area contributed by atoms with Crippen LogP contribution in [0.4, 0.5) is 5.69 Å². The van der Waals surface area contributed by atoms with Gasteiger partial charge < -0.3 is 19.5 Å². The topological polar surface area (TPSA) is 119 Å². The van der Waals surface area contributed by atoms with Crippen LogP contribution in [-0.4, -0.2) is 41.3 Å². The molecule has 2 aromatic rings. The summed E-state index contributed by atoms with van der Waals surface area (Å²) in [4.78, 5) is 22.5. The molecule has 0 heterocycles. The second-order valence-corrected chi connectivity index (χ2v) is 6.08. The minimum atomic E-state index is -1.73. The first-order chi connectivity index (χ1) is 13.5. The molecule has 0 aliphatic rings. The summed E-state index contributed by atoms with van der Waals surface area (Å²) in [5, 5.41) is 29.4. The van der Waals surface area contributed by atoms with Crippen LogP contribution in [0.25, 0.3) is 0 Å². The maximum Gasteiger partial charge on any atom is 0.489 e. The first kappa shape index (κ1) is 21.4. The van der Waals surface area contributed by atoms with Crippen molar-refractivity contribution >= 4 is 24.2 Å². The number of nitrogens with zero attached hydrogens (tertiary/aromatic N) is 1. The average molecular weight is 387 g/mol. The standard InChI is InChI=1S/C19H22BNO7/c22-19(15-9-3-4-10-16(15)20(23)24)28-14-8-2-1-7-13-27-18-12-6-5-11-17(18)21(25)26/h3-6,9-12,23-24H,1-2,7-8,13-14H2. The molecule has 2 rings (SSSR count). The van der Waals surface area contributed by atoms with E-state index in [-0.39, 0.29) is 29.1 Å². The fourth-order valence-electron chi connectivity index (χ4n) is 2.62. The highest BCUT2D eigenvalue weighted by molar-refractivity contribution is 6.60. The minimum Gasteiger partial charge on any atom is -0.487 e. The molecule has 0 atom stereocenters. The van der Waals surface area contributed by atoms with E-state index in [2.05, 4.69) is 0 Å². The van der Waals surface area contributed by atoms with Crippen LogP contribution in [0, 0.1) is 10.1 Å². The van der Waals surface area contributed by atoms with Crippen molar-refractivity contribution in [3.8, 4) is 5.75 Å². The normalized spacial score (nSPS) is 10.4. The van der Waals surface area contributed by atoms with Gasteiger partial charge in [-0.3, -0.25) is 10.1 Å². The van der Waals surface area contributed by atoms with Gasteiger partial charge in [-0.25, -0.2) is 4.79 Å². The maximum absolute atomic E-state index is 12.0. The van der Waals surface area contributed by atoms with Crippen LogP contribution in [0.2, 0.25) is 0 Å². The third kappa shape index (κ3) is 6.36. The lowest BCUT2D eigenvalue weighted by Gasteiger charge is -2.09. The summed E-state index contributed by atoms with van der Waals surface area (Å²) in [5.41, 5.74) is 0.192. The number of carbonyl (C=O) groups excluding carboxylic acids is 1. The van der Waals surface area contributed by atoms with E-state index < -0.39 is 18.0 Å². The predicted octanol–water partition coefficient (Wildman–Crippen LogP) is 2.07. The highest BCUT2D eigenvalue weighted by atomic mass is 16.6. The van der Waals surface area contributed by atoms with E-state index in [1.54, 1.807) is 30.3 Å². The molecular formula is C19H22BNO7. The molecule has 0 aliphatic carbocycles. The van der Waals surface area contributed by atoms with Crippen LogP contribution in [0.3, 0.4) is 0 Å². The van der Waals surface area contributed by atoms with Crippen LogP contribution < -0.4 is 10.2 Å². The fraction of sp³-hybridized carbons (Fsp3) is 0.316. The summed E-state index contributed by atoms with van der Waals surface area (Å²) >= 11 is 0. The number of ether oxygens (including phenoxy) is 2. The van der Waals surface area contributed by atoms with Crippen LogP contribution >= 0.6 is 0 Å². The molecule has 0 aromatic heterocycles. The molecule has 8 nitrogen and oxygen atoms in total. The zero-order valence-corrected chi connectivity index (χ0v) is 15.3. The van der Waals surface area contributed by atoms with Gasteiger partial charge in [-0.1, -0.05) is 30.3 Å². The Bertz CT molecular complexity index is 797. The molecule has 2 N–H and O–H groups in total. The number of rotatable bonds is 11. The van der Waals surface area contributed by atoms with E-state index in [1.165, 1.54) is 18.2 Å². The molecule has 9 heteroatoms. The number of benzene rings is 2. The van der Waals surface area contributed by atoms with Gasteiger partial charge >= 0.3 is 18.8 Å². The summed E-state index contributed by atoms with van der Waals surface area (Å²) in [6.07, 6.45) is 3.00. The van der Waals surface area contributed by atoms with Crippen molar-refractivity contribution in [2.24, 2.45) is 0 Å². The molecule has 0 unspecified atom stereocenters. The molecule has 2 aromatic carbocycles. The van der Waals surface area contributed by atoms with Gasteiger partial charge in [-0.2, -0.15) is 0 Å². The van der Waals surface area contributed by atoms with Gasteiger partial charge in [-0.05, 0) is 43.3 Å². The number of hydrogen-bond acceptors (Lipinski definition) is 7. The van der Waals surface area contributed by atoms with Gasteiger partial charge in [0.25, 0.3) is 0 Å². The molecular weight excluding hydrogens is 365 g/mol. The smallest absolute Gasteiger partial charge is 0.487 e. The quantitative estimate of drug-likeness (QED) is 0.199. The van der Waals surface area contributed by atoms with Gasteiger partial charge in [0.15, 0.2) is 5.75 Å². The Morgan fingerprint density at radius 3 is 2.32 bits per heavy atom. The van der Waals surface area contributed by atoms with E-state index in [0.29, 0.717) is 13.0 Å². The lowest BCUT2D eigenvalue weighted by molar-refractivity contribution is -0.385. The van der Waals surface area contributed by atoms with Crippen molar-refractivity contribution in [3.05, 3.63) is 64.2 Å². The van der Waals surface area contributed by atoms with E-state index >= 15 is 0 Å². The zero-order valence-electron chi connectivity index (χ0n) is 15.3. The highest BCUT2D eigenvalue weighted by Gasteiger charge is 2.20. The monoisotopic (exact) mass is 387 g/mol. The Labute approximate surface area is 163 Å². The second kappa shape index (κ2) is 11.1. The Hall–Kier alpha value is -2.91. The third-order valence-electron chi connectivity index (χ3n) is 4.05. The van der Waals surface area contributed by atoms with Gasteiger partial charge in [0.05, 0.1) is 23.7 Å². The molecule has 0 bridgehead atoms. The van der Waals surface area contributed by atoms with Crippen LogP contribution in [0.15, 0.2) is 48.5 Å². The SMILES string of the molecule is O=C(OCCCCCCOc1ccccc1[N+](=O)[O-])c1ccccc1B(O)O. The van der Waals surface area contributed by atoms with E-state index in [1.807, 2.05) is 0 Å². The Morgan fingerprint density at radius 1 is 0.964 bits per heavy atom. The molecule has 148 valence electrons. The van der Waals surface area contributed by atoms with Crippen molar-refractivity contribution < 1.29 is 29.2 Å². The predicted molar refractivity (Wildman–Crippen MR) is 104 cm³/mol. The summed E-state index contributed by atoms with van der Waals surface area (Å²) in [5.74, 6) is -0.338. The number of esters is 1. The number of para-hydroxylation sites is 2. The Morgan fingerprint density at radius 2 is 1.61 bits per heavy atom. The largest absolute Gasteiger partial charge is 0.489 e. The zero-order chi connectivity index (χ0) is 20.4. The summed E-state index contributed by atoms with van der Waals surface area (Å²) in [6, 6.07) is 12.4. The number of carbonyl (C=O) groups is 1. The second-order valence-electron chi connectivity index (χ2n) is 6.08. The van der Waals surface area contributed by atoms with Gasteiger partial charge in [-0.15, -0.1) is 0 Å². The molecule has 28 heavy (non-hydrogen) atoms. The molecule has 0 fully saturated rings. The molecule has 0 radical (unpaired) electrons. The summed E-state index contributed by atoms with van der Waals surface area (Å²) < 4.78 is 10.6. The number of unbranched alkanes of at least 4 members (excludes halogenated alkanes) is 3. The molecule has 0 spiro atoms. The van der Waals surface area contributed by atoms with Gasteiger partial charge in [0, 0.05) is 6.07 Å². The average Bonchev–Trinajstić information content (AvgIpc) is 2.69. The van der Waals surface area contributed by atoms with Crippen LogP contribution in [0.1, 0.15) is 36.0 Å². The number of hydrogen-bond donors (Lipinski definition) is 2. The van der Waals surface area contributed by atoms with Crippen molar-refractivity contribution in [2.45, 2.75) is 25.7 Å². The third-order valence-corrected chi connectivity index (χ3v) is 4.05. The lowest BCUT2D eigenvalue weighted by atomic mass is 9.77. The van der Waals surface area contributed by atoms with Crippen molar-refractivity contribution in [3.63, 3.8) is 0 Å². The van der Waals surface area contributed by atoms with Crippen LogP contribution in [0.5, 0.6) is 5.75 Å². The first-order valence-electron chi connectivity index (χ1n) is 8.99. The van der Waals surface area contributed by atoms with Crippen LogP contribution in [-0.2, 0) is 4.74 Å². The van der Waals surface area contributed by atoms with Crippen molar-refractivity contribution in [1.82, 2.24) is 0 Å². The fourth-order valence-corrected chi connectivity index (χ4v) is 2.62. The minimum absolute atomic E-state index is 0.0531. The molecule has 0 aliphatic heterocycles. The summed E-state index contributed by atoms with van der Waals surface area (Å²) in [6.45, 7) is 0.589. The molecule has 0 saturated carbocycles. The van der Waals surface area contributed by atoms with E-state index in [9.17, 15) is 25.0 Å². The Kier molecular flexibility index (Phi) is 8.45. The molecule has 0 saturated heterocycles. The van der Waals surface area contributed by atoms with Gasteiger partial charge in [0.2, 0.25) is 0 Å². The highest BCUT2D eigenvalue weighted by Crippen LogP contribution is 2.25. The molecule has 0 amide bonds. The lowest BCUT2D eigenvalue weighted by Crippen LogP contribution is -2.35. The van der Waals surface area contributed by atoms with Gasteiger partial charge in [0.1, 0.15) is 0 Å². The maximum atomic E-state index is 12.0. The van der Waals surface area contributed by atoms with E-state index in [4.69, 9.17) is 9.47 Å². The van der Waals surface area contributed by atoms with E-state index in [0.717, 1.165) is 19.3 Å². The Balaban J connectivity index is 1.63. The number of nitro groups is 1. The number of nitro benzene ring substituents is 1. The summed E-state index contributed by atoms with van der Waals surface area (Å²) in [7, 11) is -1.73. The first-order valence-corrected chi connectivity index (χ1v) is 8.99. The van der Waals surface area contributed by atoms with Crippen molar-refractivity contribution in [1.29, 1.82) is 0 Å². The van der Waals surface area contributed by atoms with Crippen molar-refractivity contribution in [2.75, 3.05) is 13.2 Å².